The molecule has 0 spiro atoms. The highest BCUT2D eigenvalue weighted by Gasteiger charge is 2.22. The maximum atomic E-state index is 8.64. The van der Waals surface area contributed by atoms with Gasteiger partial charge in [0.25, 0.3) is 0 Å². The predicted molar refractivity (Wildman–Crippen MR) is 49.5 cm³/mol. The van der Waals surface area contributed by atoms with Gasteiger partial charge in [0.15, 0.2) is 4.33 Å². The number of aliphatic hydroxyl groups is 1. The lowest BCUT2D eigenvalue weighted by Gasteiger charge is -2.20. The minimum atomic E-state index is -1.09. The summed E-state index contributed by atoms with van der Waals surface area (Å²) in [6.45, 7) is 1.99. The Hall–Kier alpha value is 0.565. The highest BCUT2D eigenvalue weighted by atomic mass is 35.5. The number of hydrogen-bond acceptors (Lipinski definition) is 2. The van der Waals surface area contributed by atoms with E-state index >= 15 is 0 Å². The van der Waals surface area contributed by atoms with Gasteiger partial charge in [-0.25, -0.2) is 0 Å². The summed E-state index contributed by atoms with van der Waals surface area (Å²) in [5, 5.41) is 11.6. The molecule has 1 atom stereocenters. The fraction of sp³-hybridized carbons (Fsp3) is 1.00. The van der Waals surface area contributed by atoms with Crippen LogP contribution < -0.4 is 5.32 Å². The van der Waals surface area contributed by atoms with Crippen molar-refractivity contribution in [2.45, 2.75) is 23.6 Å². The van der Waals surface area contributed by atoms with E-state index in [9.17, 15) is 0 Å². The average molecular weight is 196 g/mol. The number of nitrogens with one attached hydrogen (secondary N) is 1. The van der Waals surface area contributed by atoms with E-state index in [-0.39, 0.29) is 12.6 Å². The lowest BCUT2D eigenvalue weighted by Crippen LogP contribution is -2.38. The summed E-state index contributed by atoms with van der Waals surface area (Å²) < 4.78 is -1.09. The molecule has 2 N–H and O–H groups in total. The maximum absolute atomic E-state index is 8.64. The van der Waals surface area contributed by atoms with Gasteiger partial charge in [-0.1, -0.05) is 36.4 Å². The molecule has 0 aliphatic rings. The van der Waals surface area contributed by atoms with Crippen molar-refractivity contribution >= 4 is 31.0 Å². The summed E-state index contributed by atoms with van der Waals surface area (Å²) in [7, 11) is 5.33. The van der Waals surface area contributed by atoms with Gasteiger partial charge in [0.05, 0.1) is 14.5 Å². The van der Waals surface area contributed by atoms with E-state index in [4.69, 9.17) is 36.2 Å². The van der Waals surface area contributed by atoms with Crippen LogP contribution in [-0.2, 0) is 0 Å². The first-order chi connectivity index (χ1) is 5.02. The van der Waals surface area contributed by atoms with E-state index in [1.807, 2.05) is 6.92 Å². The van der Waals surface area contributed by atoms with Crippen LogP contribution in [0.1, 0.15) is 6.92 Å². The number of hydrogen-bond donors (Lipinski definition) is 2. The third-order valence-corrected chi connectivity index (χ3v) is 1.80. The van der Waals surface area contributed by atoms with Crippen molar-refractivity contribution < 1.29 is 5.11 Å². The Balaban J connectivity index is 3.52. The van der Waals surface area contributed by atoms with Crippen LogP contribution in [0.2, 0.25) is 6.32 Å². The molecule has 64 valence electrons. The first-order valence-electron chi connectivity index (χ1n) is 3.44. The Morgan fingerprint density at radius 3 is 2.55 bits per heavy atom. The molecule has 0 heterocycles. The van der Waals surface area contributed by atoms with Crippen molar-refractivity contribution in [1.82, 2.24) is 5.32 Å². The van der Waals surface area contributed by atoms with E-state index in [0.29, 0.717) is 12.9 Å². The zero-order chi connectivity index (χ0) is 8.91. The molecule has 0 aliphatic heterocycles. The largest absolute Gasteiger partial charge is 0.393 e. The summed E-state index contributed by atoms with van der Waals surface area (Å²) in [6, 6.07) is 0.165. The molecule has 0 saturated heterocycles. The molecular weight excluding hydrogens is 184 g/mol. The first-order valence-corrected chi connectivity index (χ1v) is 4.19. The molecule has 0 rings (SSSR count). The third kappa shape index (κ3) is 5.79. The number of halogens is 2. The van der Waals surface area contributed by atoms with Gasteiger partial charge < -0.3 is 10.4 Å². The molecule has 1 unspecified atom stereocenters. The van der Waals surface area contributed by atoms with Crippen LogP contribution in [0.25, 0.3) is 0 Å². The normalized spacial score (nSPS) is 14.9. The van der Waals surface area contributed by atoms with Crippen LogP contribution in [0.15, 0.2) is 0 Å². The predicted octanol–water partition coefficient (Wildman–Crippen LogP) is 0.717. The molecule has 11 heavy (non-hydrogen) atoms. The van der Waals surface area contributed by atoms with E-state index < -0.39 is 4.33 Å². The van der Waals surface area contributed by atoms with Crippen molar-refractivity contribution in [2.75, 3.05) is 13.2 Å². The van der Waals surface area contributed by atoms with Crippen LogP contribution in [0.4, 0.5) is 0 Å². The highest BCUT2D eigenvalue weighted by Crippen LogP contribution is 2.18. The first kappa shape index (κ1) is 11.6. The molecule has 5 heteroatoms. The molecule has 0 saturated carbocycles. The van der Waals surface area contributed by atoms with Gasteiger partial charge in [-0.3, -0.25) is 0 Å². The SMILES string of the molecule is [B]CC(C)NCC(Cl)(Cl)CO. The highest BCUT2D eigenvalue weighted by molar-refractivity contribution is 6.48. The van der Waals surface area contributed by atoms with Gasteiger partial charge in [0.2, 0.25) is 0 Å². The molecule has 0 amide bonds. The second kappa shape index (κ2) is 5.25. The topological polar surface area (TPSA) is 32.3 Å². The smallest absolute Gasteiger partial charge is 0.153 e. The maximum Gasteiger partial charge on any atom is 0.153 e. The molecule has 0 aliphatic carbocycles. The summed E-state index contributed by atoms with van der Waals surface area (Å²) in [6.07, 6.45) is 0.523. The van der Waals surface area contributed by atoms with Gasteiger partial charge in [-0.15, -0.1) is 0 Å². The molecule has 0 aromatic rings. The fourth-order valence-electron chi connectivity index (χ4n) is 0.463. The summed E-state index contributed by atoms with van der Waals surface area (Å²) in [4.78, 5) is 0. The zero-order valence-corrected chi connectivity index (χ0v) is 7.99. The van der Waals surface area contributed by atoms with E-state index in [0.717, 1.165) is 0 Å². The summed E-state index contributed by atoms with van der Waals surface area (Å²) >= 11 is 11.3. The molecule has 2 nitrogen and oxygen atoms in total. The zero-order valence-electron chi connectivity index (χ0n) is 6.48. The molecule has 0 aromatic heterocycles. The second-order valence-corrected chi connectivity index (χ2v) is 4.17. The number of alkyl halides is 2. The Morgan fingerprint density at radius 1 is 1.64 bits per heavy atom. The van der Waals surface area contributed by atoms with Crippen molar-refractivity contribution in [2.24, 2.45) is 0 Å². The van der Waals surface area contributed by atoms with Gasteiger partial charge >= 0.3 is 0 Å². The second-order valence-electron chi connectivity index (χ2n) is 2.53. The Morgan fingerprint density at radius 2 is 2.18 bits per heavy atom. The van der Waals surface area contributed by atoms with E-state index in [1.54, 1.807) is 0 Å². The van der Waals surface area contributed by atoms with Gasteiger partial charge in [-0.2, -0.15) is 0 Å². The van der Waals surface area contributed by atoms with Gasteiger partial charge in [0, 0.05) is 6.54 Å². The van der Waals surface area contributed by atoms with Crippen LogP contribution in [0, 0.1) is 0 Å². The van der Waals surface area contributed by atoms with Crippen LogP contribution >= 0.6 is 23.2 Å². The number of aliphatic hydroxyl groups excluding tert-OH is 1. The summed E-state index contributed by atoms with van der Waals surface area (Å²) in [5.41, 5.74) is 0. The molecule has 0 bridgehead atoms. The minimum absolute atomic E-state index is 0.165. The monoisotopic (exact) mass is 195 g/mol. The number of rotatable bonds is 5. The lowest BCUT2D eigenvalue weighted by atomic mass is 9.99. The van der Waals surface area contributed by atoms with E-state index in [2.05, 4.69) is 5.32 Å². The van der Waals surface area contributed by atoms with Crippen molar-refractivity contribution in [1.29, 1.82) is 0 Å². The van der Waals surface area contributed by atoms with Crippen LogP contribution in [0.5, 0.6) is 0 Å². The minimum Gasteiger partial charge on any atom is -0.393 e. The Bertz CT molecular complexity index is 113. The van der Waals surface area contributed by atoms with Crippen molar-refractivity contribution in [3.8, 4) is 0 Å². The van der Waals surface area contributed by atoms with Gasteiger partial charge in [-0.05, 0) is 6.04 Å². The standard InChI is InChI=1S/C6H12BCl2NO/c1-5(2-7)10-3-6(8,9)4-11/h5,10-11H,2-4H2,1H3. The fourth-order valence-corrected chi connectivity index (χ4v) is 0.617. The molecular formula is C6H12BCl2NO. The lowest BCUT2D eigenvalue weighted by molar-refractivity contribution is 0.274. The Labute approximate surface area is 78.7 Å². The third-order valence-electron chi connectivity index (χ3n) is 1.29. The van der Waals surface area contributed by atoms with Crippen LogP contribution in [0.3, 0.4) is 0 Å². The van der Waals surface area contributed by atoms with Crippen molar-refractivity contribution in [3.05, 3.63) is 0 Å². The van der Waals surface area contributed by atoms with Crippen molar-refractivity contribution in [3.63, 3.8) is 0 Å². The average Bonchev–Trinajstić information content (AvgIpc) is 2.00. The van der Waals surface area contributed by atoms with Crippen LogP contribution in [-0.4, -0.2) is 36.5 Å². The summed E-state index contributed by atoms with van der Waals surface area (Å²) in [5.74, 6) is 0. The van der Waals surface area contributed by atoms with E-state index in [1.165, 1.54) is 0 Å². The Kier molecular flexibility index (Phi) is 5.52. The molecule has 0 aromatic carbocycles. The van der Waals surface area contributed by atoms with Gasteiger partial charge in [0.1, 0.15) is 0 Å². The quantitative estimate of drug-likeness (QED) is 0.501. The molecule has 2 radical (unpaired) electrons. The molecule has 0 fully saturated rings.